The molecule has 0 aromatic heterocycles. The molecule has 0 aliphatic heterocycles. The Bertz CT molecular complexity index is 93.4. The molecule has 0 amide bonds. The van der Waals surface area contributed by atoms with Gasteiger partial charge in [-0.1, -0.05) is 0 Å². The molecule has 0 rings (SSSR count). The van der Waals surface area contributed by atoms with Crippen LogP contribution in [0.2, 0.25) is 0 Å². The van der Waals surface area contributed by atoms with Gasteiger partial charge in [-0.25, -0.2) is 0 Å². The molecule has 0 fully saturated rings. The molecule has 0 N–H and O–H groups in total. The summed E-state index contributed by atoms with van der Waals surface area (Å²) in [7, 11) is 0. The van der Waals surface area contributed by atoms with Crippen LogP contribution in [-0.2, 0) is 0 Å². The summed E-state index contributed by atoms with van der Waals surface area (Å²) >= 11 is 2.40. The minimum absolute atomic E-state index is 0.137. The monoisotopic (exact) mass is 152 g/mol. The minimum atomic E-state index is 0.137. The van der Waals surface area contributed by atoms with E-state index in [-0.39, 0.29) is 6.35 Å². The molecular formula is C8H18LiP. The Labute approximate surface area is 75.7 Å². The van der Waals surface area contributed by atoms with E-state index in [9.17, 15) is 0 Å². The van der Waals surface area contributed by atoms with Gasteiger partial charge in [-0.15, -0.1) is 0 Å². The van der Waals surface area contributed by atoms with E-state index in [1.807, 2.05) is 0 Å². The third-order valence-corrected chi connectivity index (χ3v) is 6.04. The Morgan fingerprint density at radius 2 is 1.00 bits per heavy atom. The number of hydrogen-bond acceptors (Lipinski definition) is 0. The van der Waals surface area contributed by atoms with E-state index in [0.29, 0.717) is 10.3 Å². The summed E-state index contributed by atoms with van der Waals surface area (Å²) in [6, 6.07) is 0. The molecular weight excluding hydrogens is 134 g/mol. The van der Waals surface area contributed by atoms with Crippen LogP contribution < -0.4 is 0 Å². The molecule has 2 heteroatoms. The van der Waals surface area contributed by atoms with Crippen molar-refractivity contribution in [3.63, 3.8) is 0 Å². The van der Waals surface area contributed by atoms with Crippen LogP contribution in [0.1, 0.15) is 41.5 Å². The van der Waals surface area contributed by atoms with Gasteiger partial charge in [0.05, 0.1) is 0 Å². The second-order valence-corrected chi connectivity index (χ2v) is 8.70. The first kappa shape index (κ1) is 11.0. The van der Waals surface area contributed by atoms with Crippen molar-refractivity contribution in [3.8, 4) is 0 Å². The standard InChI is InChI=1S/C8H18P.Li/c1-7(2,3)9-8(4,5)6;/h1-6H3;/q-1;+1. The van der Waals surface area contributed by atoms with Crippen LogP contribution in [0, 0.1) is 0 Å². The van der Waals surface area contributed by atoms with Crippen molar-refractivity contribution in [2.24, 2.45) is 0 Å². The SMILES string of the molecule is [Li][P](C(C)(C)C)C(C)(C)C. The van der Waals surface area contributed by atoms with Crippen LogP contribution in [-0.4, -0.2) is 27.6 Å². The molecule has 56 valence electrons. The molecule has 0 aliphatic carbocycles. The van der Waals surface area contributed by atoms with E-state index >= 15 is 0 Å². The Morgan fingerprint density at radius 1 is 0.800 bits per heavy atom. The fourth-order valence-corrected chi connectivity index (χ4v) is 3.02. The van der Waals surface area contributed by atoms with Crippen LogP contribution in [0.5, 0.6) is 0 Å². The van der Waals surface area contributed by atoms with Gasteiger partial charge in [-0.3, -0.25) is 0 Å². The maximum atomic E-state index is 2.40. The van der Waals surface area contributed by atoms with E-state index < -0.39 is 0 Å². The van der Waals surface area contributed by atoms with Crippen molar-refractivity contribution in [3.05, 3.63) is 0 Å². The fourth-order valence-electron chi connectivity index (χ4n) is 1.01. The van der Waals surface area contributed by atoms with E-state index in [2.05, 4.69) is 58.8 Å². The average Bonchev–Trinajstić information content (AvgIpc) is 1.59. The van der Waals surface area contributed by atoms with E-state index in [4.69, 9.17) is 0 Å². The molecule has 0 heterocycles. The number of hydrogen-bond donors (Lipinski definition) is 0. The molecule has 0 aromatic carbocycles. The summed E-state index contributed by atoms with van der Waals surface area (Å²) in [4.78, 5) is 0. The quantitative estimate of drug-likeness (QED) is 0.369. The first-order valence-corrected chi connectivity index (χ1v) is 5.68. The van der Waals surface area contributed by atoms with Gasteiger partial charge in [0.15, 0.2) is 0 Å². The second-order valence-electron chi connectivity index (χ2n) is 4.90. The summed E-state index contributed by atoms with van der Waals surface area (Å²) in [6.07, 6.45) is 0.137. The topological polar surface area (TPSA) is 0 Å². The van der Waals surface area contributed by atoms with Gasteiger partial charge in [0.25, 0.3) is 0 Å². The summed E-state index contributed by atoms with van der Waals surface area (Å²) in [5, 5.41) is 1.02. The third kappa shape index (κ3) is 3.43. The molecule has 0 saturated carbocycles. The van der Waals surface area contributed by atoms with Crippen molar-refractivity contribution in [1.82, 2.24) is 0 Å². The van der Waals surface area contributed by atoms with Crippen molar-refractivity contribution in [2.75, 3.05) is 0 Å². The van der Waals surface area contributed by atoms with E-state index in [1.165, 1.54) is 0 Å². The molecule has 0 unspecified atom stereocenters. The Kier molecular flexibility index (Phi) is 3.51. The normalized spacial score (nSPS) is 14.5. The van der Waals surface area contributed by atoms with E-state index in [1.54, 1.807) is 0 Å². The van der Waals surface area contributed by atoms with Crippen molar-refractivity contribution in [1.29, 1.82) is 0 Å². The zero-order valence-electron chi connectivity index (χ0n) is 8.45. The first-order valence-electron chi connectivity index (χ1n) is 3.89. The van der Waals surface area contributed by atoms with Crippen molar-refractivity contribution < 1.29 is 0 Å². The molecule has 10 heavy (non-hydrogen) atoms. The van der Waals surface area contributed by atoms with Crippen molar-refractivity contribution in [2.45, 2.75) is 51.9 Å². The zero-order chi connectivity index (χ0) is 8.58. The summed E-state index contributed by atoms with van der Waals surface area (Å²) in [6.45, 7) is 14.0. The van der Waals surface area contributed by atoms with Gasteiger partial charge in [0.1, 0.15) is 0 Å². The van der Waals surface area contributed by atoms with Crippen LogP contribution in [0.3, 0.4) is 0 Å². The van der Waals surface area contributed by atoms with Gasteiger partial charge in [0.2, 0.25) is 0 Å². The van der Waals surface area contributed by atoms with E-state index in [0.717, 1.165) is 0 Å². The zero-order valence-corrected chi connectivity index (χ0v) is 9.34. The maximum absolute atomic E-state index is 2.40. The molecule has 0 radical (unpaired) electrons. The molecule has 0 spiro atoms. The Balaban J connectivity index is 4.23. The third-order valence-electron chi connectivity index (χ3n) is 2.01. The summed E-state index contributed by atoms with van der Waals surface area (Å²) < 4.78 is 0. The second kappa shape index (κ2) is 3.18. The molecule has 0 aliphatic rings. The van der Waals surface area contributed by atoms with Gasteiger partial charge >= 0.3 is 75.4 Å². The molecule has 0 atom stereocenters. The molecule has 0 nitrogen and oxygen atoms in total. The van der Waals surface area contributed by atoms with Crippen molar-refractivity contribution >= 4 is 23.6 Å². The van der Waals surface area contributed by atoms with Gasteiger partial charge in [0, 0.05) is 0 Å². The number of rotatable bonds is 0. The van der Waals surface area contributed by atoms with Crippen LogP contribution >= 0.6 is 6.35 Å². The average molecular weight is 152 g/mol. The predicted octanol–water partition coefficient (Wildman–Crippen LogP) is 3.15. The molecule has 0 bridgehead atoms. The summed E-state index contributed by atoms with van der Waals surface area (Å²) in [5.74, 6) is 0. The van der Waals surface area contributed by atoms with Gasteiger partial charge in [-0.05, 0) is 0 Å². The van der Waals surface area contributed by atoms with Crippen LogP contribution in [0.25, 0.3) is 0 Å². The summed E-state index contributed by atoms with van der Waals surface area (Å²) in [5.41, 5.74) is 0. The predicted molar refractivity (Wildman–Crippen MR) is 52.2 cm³/mol. The Hall–Kier alpha value is 1.03. The van der Waals surface area contributed by atoms with Gasteiger partial charge in [-0.2, -0.15) is 0 Å². The Morgan fingerprint density at radius 3 is 1.00 bits per heavy atom. The molecule has 0 saturated heterocycles. The van der Waals surface area contributed by atoms with Gasteiger partial charge < -0.3 is 0 Å². The first-order chi connectivity index (χ1) is 4.15. The fraction of sp³-hybridized carbons (Fsp3) is 1.00. The molecule has 0 aromatic rings. The van der Waals surface area contributed by atoms with Crippen LogP contribution in [0.15, 0.2) is 0 Å². The van der Waals surface area contributed by atoms with Crippen LogP contribution in [0.4, 0.5) is 0 Å².